The van der Waals surface area contributed by atoms with Gasteiger partial charge in [0.05, 0.1) is 13.0 Å². The minimum Gasteiger partial charge on any atom is -0.466 e. The maximum absolute atomic E-state index is 11.5. The number of rotatable bonds is 7. The molecule has 3 heteroatoms. The molecule has 0 aromatic rings. The van der Waals surface area contributed by atoms with Gasteiger partial charge in [-0.05, 0) is 33.4 Å². The Balaban J connectivity index is 4.47. The molecular weight excluding hydrogens is 190 g/mol. The zero-order chi connectivity index (χ0) is 11.9. The van der Waals surface area contributed by atoms with Crippen molar-refractivity contribution in [1.82, 2.24) is 4.90 Å². The molecule has 0 aromatic heterocycles. The molecule has 0 unspecified atom stereocenters. The second-order valence-electron chi connectivity index (χ2n) is 4.00. The van der Waals surface area contributed by atoms with Crippen LogP contribution in [-0.2, 0) is 9.53 Å². The van der Waals surface area contributed by atoms with Gasteiger partial charge in [-0.15, -0.1) is 0 Å². The largest absolute Gasteiger partial charge is 0.466 e. The summed E-state index contributed by atoms with van der Waals surface area (Å²) in [6, 6.07) is 0. The number of nitrogens with zero attached hydrogens (tertiary/aromatic N) is 1. The molecule has 0 fully saturated rings. The Hall–Kier alpha value is -0.570. The highest BCUT2D eigenvalue weighted by molar-refractivity contribution is 5.70. The van der Waals surface area contributed by atoms with Crippen LogP contribution in [0.3, 0.4) is 0 Å². The van der Waals surface area contributed by atoms with E-state index in [2.05, 4.69) is 32.6 Å². The highest BCUT2D eigenvalue weighted by atomic mass is 16.5. The number of carbonyl (C=O) groups is 1. The second-order valence-corrected chi connectivity index (χ2v) is 4.00. The van der Waals surface area contributed by atoms with Crippen LogP contribution in [-0.4, -0.2) is 36.1 Å². The standard InChI is InChI=1S/C12H25NO2/c1-6-12(5,13(7-2)8-3)10-11(14)15-9-4/h6-10H2,1-5H3/t12-/m0/s1. The van der Waals surface area contributed by atoms with Crippen molar-refractivity contribution in [2.24, 2.45) is 0 Å². The molecule has 0 amide bonds. The molecule has 0 rings (SSSR count). The van der Waals surface area contributed by atoms with E-state index in [9.17, 15) is 4.79 Å². The van der Waals surface area contributed by atoms with E-state index in [4.69, 9.17) is 4.74 Å². The van der Waals surface area contributed by atoms with Gasteiger partial charge in [0.1, 0.15) is 0 Å². The fraction of sp³-hybridized carbons (Fsp3) is 0.917. The van der Waals surface area contributed by atoms with E-state index >= 15 is 0 Å². The van der Waals surface area contributed by atoms with Crippen molar-refractivity contribution in [3.63, 3.8) is 0 Å². The Morgan fingerprint density at radius 2 is 1.73 bits per heavy atom. The summed E-state index contributed by atoms with van der Waals surface area (Å²) in [6.07, 6.45) is 1.45. The maximum Gasteiger partial charge on any atom is 0.307 e. The lowest BCUT2D eigenvalue weighted by Crippen LogP contribution is -2.47. The number of hydrogen-bond donors (Lipinski definition) is 0. The molecule has 0 bridgehead atoms. The topological polar surface area (TPSA) is 29.5 Å². The molecule has 1 atom stereocenters. The van der Waals surface area contributed by atoms with Crippen molar-refractivity contribution in [2.75, 3.05) is 19.7 Å². The van der Waals surface area contributed by atoms with E-state index in [1.165, 1.54) is 0 Å². The lowest BCUT2D eigenvalue weighted by atomic mass is 9.92. The van der Waals surface area contributed by atoms with E-state index in [1.807, 2.05) is 6.92 Å². The van der Waals surface area contributed by atoms with Crippen LogP contribution >= 0.6 is 0 Å². The summed E-state index contributed by atoms with van der Waals surface area (Å²) >= 11 is 0. The van der Waals surface area contributed by atoms with E-state index < -0.39 is 0 Å². The van der Waals surface area contributed by atoms with Crippen LogP contribution in [0.25, 0.3) is 0 Å². The monoisotopic (exact) mass is 215 g/mol. The first-order valence-electron chi connectivity index (χ1n) is 5.94. The molecule has 0 N–H and O–H groups in total. The van der Waals surface area contributed by atoms with Gasteiger partial charge in [0.15, 0.2) is 0 Å². The van der Waals surface area contributed by atoms with Gasteiger partial charge < -0.3 is 4.74 Å². The minimum absolute atomic E-state index is 0.0598. The maximum atomic E-state index is 11.5. The van der Waals surface area contributed by atoms with Gasteiger partial charge in [0.25, 0.3) is 0 Å². The van der Waals surface area contributed by atoms with Crippen LogP contribution in [0.15, 0.2) is 0 Å². The first kappa shape index (κ1) is 14.4. The van der Waals surface area contributed by atoms with Gasteiger partial charge in [-0.2, -0.15) is 0 Å². The number of esters is 1. The molecular formula is C12H25NO2. The summed E-state index contributed by atoms with van der Waals surface area (Å²) < 4.78 is 5.01. The quantitative estimate of drug-likeness (QED) is 0.611. The van der Waals surface area contributed by atoms with Crippen LogP contribution in [0.2, 0.25) is 0 Å². The normalized spacial score (nSPS) is 15.1. The Bertz CT molecular complexity index is 190. The zero-order valence-corrected chi connectivity index (χ0v) is 10.8. The summed E-state index contributed by atoms with van der Waals surface area (Å²) in [5, 5.41) is 0. The number of carbonyl (C=O) groups excluding carboxylic acids is 1. The van der Waals surface area contributed by atoms with E-state index in [1.54, 1.807) is 0 Å². The van der Waals surface area contributed by atoms with Crippen molar-refractivity contribution >= 4 is 5.97 Å². The zero-order valence-electron chi connectivity index (χ0n) is 10.8. The van der Waals surface area contributed by atoms with Crippen LogP contribution in [0, 0.1) is 0 Å². The summed E-state index contributed by atoms with van der Waals surface area (Å²) in [5.74, 6) is -0.0891. The third-order valence-electron chi connectivity index (χ3n) is 3.12. The molecule has 0 aliphatic rings. The molecule has 15 heavy (non-hydrogen) atoms. The first-order valence-corrected chi connectivity index (χ1v) is 5.94. The Morgan fingerprint density at radius 3 is 2.07 bits per heavy atom. The van der Waals surface area contributed by atoms with Crippen molar-refractivity contribution in [2.45, 2.75) is 53.0 Å². The molecule has 0 aliphatic carbocycles. The molecule has 3 nitrogen and oxygen atoms in total. The Kier molecular flexibility index (Phi) is 6.57. The Morgan fingerprint density at radius 1 is 1.20 bits per heavy atom. The third-order valence-corrected chi connectivity index (χ3v) is 3.12. The van der Waals surface area contributed by atoms with Gasteiger partial charge in [0, 0.05) is 5.54 Å². The van der Waals surface area contributed by atoms with Gasteiger partial charge in [-0.1, -0.05) is 20.8 Å². The lowest BCUT2D eigenvalue weighted by Gasteiger charge is -2.39. The summed E-state index contributed by atoms with van der Waals surface area (Å²) in [5.41, 5.74) is -0.0598. The minimum atomic E-state index is -0.0891. The molecule has 0 heterocycles. The van der Waals surface area contributed by atoms with E-state index in [-0.39, 0.29) is 11.5 Å². The van der Waals surface area contributed by atoms with Gasteiger partial charge in [-0.3, -0.25) is 9.69 Å². The number of ether oxygens (including phenoxy) is 1. The molecule has 0 saturated heterocycles. The van der Waals surface area contributed by atoms with E-state index in [0.717, 1.165) is 19.5 Å². The fourth-order valence-electron chi connectivity index (χ4n) is 1.97. The van der Waals surface area contributed by atoms with E-state index in [0.29, 0.717) is 13.0 Å². The molecule has 0 aliphatic heterocycles. The second kappa shape index (κ2) is 6.83. The molecule has 0 radical (unpaired) electrons. The van der Waals surface area contributed by atoms with Crippen molar-refractivity contribution in [3.05, 3.63) is 0 Å². The number of hydrogen-bond acceptors (Lipinski definition) is 3. The average Bonchev–Trinajstić information content (AvgIpc) is 2.19. The van der Waals surface area contributed by atoms with Crippen LogP contribution in [0.1, 0.15) is 47.5 Å². The van der Waals surface area contributed by atoms with Crippen molar-refractivity contribution in [1.29, 1.82) is 0 Å². The average molecular weight is 215 g/mol. The van der Waals surface area contributed by atoms with Crippen molar-refractivity contribution in [3.8, 4) is 0 Å². The van der Waals surface area contributed by atoms with Crippen LogP contribution < -0.4 is 0 Å². The summed E-state index contributed by atoms with van der Waals surface area (Å²) in [6.45, 7) is 12.8. The van der Waals surface area contributed by atoms with Crippen molar-refractivity contribution < 1.29 is 9.53 Å². The molecule has 0 spiro atoms. The summed E-state index contributed by atoms with van der Waals surface area (Å²) in [7, 11) is 0. The van der Waals surface area contributed by atoms with Gasteiger partial charge in [-0.25, -0.2) is 0 Å². The van der Waals surface area contributed by atoms with Crippen LogP contribution in [0.4, 0.5) is 0 Å². The van der Waals surface area contributed by atoms with Gasteiger partial charge >= 0.3 is 5.97 Å². The SMILES string of the molecule is CCOC(=O)C[C@](C)(CC)N(CC)CC. The fourth-order valence-corrected chi connectivity index (χ4v) is 1.97. The third kappa shape index (κ3) is 4.20. The predicted octanol–water partition coefficient (Wildman–Crippen LogP) is 2.45. The Labute approximate surface area is 93.8 Å². The molecule has 0 saturated carbocycles. The molecule has 90 valence electrons. The highest BCUT2D eigenvalue weighted by Gasteiger charge is 2.31. The predicted molar refractivity (Wildman–Crippen MR) is 62.9 cm³/mol. The summed E-state index contributed by atoms with van der Waals surface area (Å²) in [4.78, 5) is 13.8. The lowest BCUT2D eigenvalue weighted by molar-refractivity contribution is -0.146. The smallest absolute Gasteiger partial charge is 0.307 e. The molecule has 0 aromatic carbocycles. The van der Waals surface area contributed by atoms with Crippen LogP contribution in [0.5, 0.6) is 0 Å². The highest BCUT2D eigenvalue weighted by Crippen LogP contribution is 2.23. The first-order chi connectivity index (χ1) is 7.03. The van der Waals surface area contributed by atoms with Gasteiger partial charge in [0.2, 0.25) is 0 Å².